The van der Waals surface area contributed by atoms with Crippen LogP contribution >= 0.6 is 0 Å². The van der Waals surface area contributed by atoms with Crippen molar-refractivity contribution in [3.63, 3.8) is 0 Å². The zero-order chi connectivity index (χ0) is 10.4. The van der Waals surface area contributed by atoms with Crippen molar-refractivity contribution in [2.24, 2.45) is 5.41 Å². The molecule has 0 aromatic heterocycles. The molecule has 2 heteroatoms. The predicted octanol–water partition coefficient (Wildman–Crippen LogP) is 2.11. The quantitative estimate of drug-likeness (QED) is 0.674. The van der Waals surface area contributed by atoms with Crippen LogP contribution in [0.2, 0.25) is 0 Å². The highest BCUT2D eigenvalue weighted by Crippen LogP contribution is 2.40. The Kier molecular flexibility index (Phi) is 4.90. The molecule has 0 radical (unpaired) electrons. The maximum Gasteiger partial charge on any atom is 0.00471 e. The van der Waals surface area contributed by atoms with Crippen LogP contribution in [-0.4, -0.2) is 38.6 Å². The molecule has 0 aromatic rings. The second-order valence-corrected chi connectivity index (χ2v) is 4.98. The summed E-state index contributed by atoms with van der Waals surface area (Å²) >= 11 is 0. The minimum atomic E-state index is 0.608. The van der Waals surface area contributed by atoms with Gasteiger partial charge in [-0.2, -0.15) is 0 Å². The molecule has 0 saturated heterocycles. The number of rotatable bonds is 7. The van der Waals surface area contributed by atoms with E-state index in [1.807, 2.05) is 0 Å². The molecular weight excluding hydrogens is 172 g/mol. The molecule has 0 amide bonds. The summed E-state index contributed by atoms with van der Waals surface area (Å²) in [5.74, 6) is 0. The summed E-state index contributed by atoms with van der Waals surface area (Å²) in [6.07, 6.45) is 6.92. The second kappa shape index (κ2) is 5.72. The lowest BCUT2D eigenvalue weighted by Gasteiger charge is -2.44. The highest BCUT2D eigenvalue weighted by molar-refractivity contribution is 4.91. The van der Waals surface area contributed by atoms with Crippen LogP contribution in [0.4, 0.5) is 0 Å². The molecule has 84 valence electrons. The SMILES string of the molecule is CCCCN(C)CC1(CNC)CCC1. The van der Waals surface area contributed by atoms with Gasteiger partial charge in [0, 0.05) is 13.1 Å². The molecule has 1 aliphatic rings. The van der Waals surface area contributed by atoms with Crippen molar-refractivity contribution in [2.45, 2.75) is 39.0 Å². The number of nitrogens with zero attached hydrogens (tertiary/aromatic N) is 1. The Balaban J connectivity index is 2.25. The van der Waals surface area contributed by atoms with Crippen molar-refractivity contribution < 1.29 is 0 Å². The van der Waals surface area contributed by atoms with Crippen molar-refractivity contribution in [1.29, 1.82) is 0 Å². The van der Waals surface area contributed by atoms with Gasteiger partial charge in [-0.25, -0.2) is 0 Å². The fraction of sp³-hybridized carbons (Fsp3) is 1.00. The van der Waals surface area contributed by atoms with Gasteiger partial charge in [-0.05, 0) is 45.3 Å². The standard InChI is InChI=1S/C12H26N2/c1-4-5-9-14(3)11-12(10-13-2)7-6-8-12/h13H,4-11H2,1-3H3. The molecule has 1 saturated carbocycles. The van der Waals surface area contributed by atoms with E-state index in [4.69, 9.17) is 0 Å². The molecule has 1 aliphatic carbocycles. The van der Waals surface area contributed by atoms with Gasteiger partial charge in [-0.1, -0.05) is 19.8 Å². The van der Waals surface area contributed by atoms with Gasteiger partial charge in [-0.15, -0.1) is 0 Å². The van der Waals surface area contributed by atoms with E-state index in [1.54, 1.807) is 0 Å². The topological polar surface area (TPSA) is 15.3 Å². The molecule has 14 heavy (non-hydrogen) atoms. The van der Waals surface area contributed by atoms with Gasteiger partial charge in [0.25, 0.3) is 0 Å². The van der Waals surface area contributed by atoms with Crippen LogP contribution in [-0.2, 0) is 0 Å². The average molecular weight is 198 g/mol. The van der Waals surface area contributed by atoms with Crippen molar-refractivity contribution >= 4 is 0 Å². The summed E-state index contributed by atoms with van der Waals surface area (Å²) in [7, 11) is 4.34. The average Bonchev–Trinajstić information content (AvgIpc) is 2.11. The van der Waals surface area contributed by atoms with Gasteiger partial charge in [0.15, 0.2) is 0 Å². The summed E-state index contributed by atoms with van der Waals surface area (Å²) in [4.78, 5) is 2.51. The van der Waals surface area contributed by atoms with Crippen molar-refractivity contribution in [2.75, 3.05) is 33.7 Å². The lowest BCUT2D eigenvalue weighted by atomic mass is 9.68. The molecule has 0 atom stereocenters. The van der Waals surface area contributed by atoms with E-state index in [2.05, 4.69) is 31.2 Å². The number of nitrogens with one attached hydrogen (secondary N) is 1. The van der Waals surface area contributed by atoms with Gasteiger partial charge < -0.3 is 10.2 Å². The first-order chi connectivity index (χ1) is 6.72. The molecule has 0 aromatic carbocycles. The first-order valence-electron chi connectivity index (χ1n) is 6.05. The number of hydrogen-bond acceptors (Lipinski definition) is 2. The monoisotopic (exact) mass is 198 g/mol. The zero-order valence-corrected chi connectivity index (χ0v) is 10.1. The van der Waals surface area contributed by atoms with Crippen molar-refractivity contribution in [1.82, 2.24) is 10.2 Å². The largest absolute Gasteiger partial charge is 0.319 e. The predicted molar refractivity (Wildman–Crippen MR) is 62.6 cm³/mol. The van der Waals surface area contributed by atoms with Crippen LogP contribution in [0.1, 0.15) is 39.0 Å². The third-order valence-corrected chi connectivity index (χ3v) is 3.46. The van der Waals surface area contributed by atoms with Crippen molar-refractivity contribution in [3.05, 3.63) is 0 Å². The van der Waals surface area contributed by atoms with Crippen LogP contribution in [0.15, 0.2) is 0 Å². The maximum absolute atomic E-state index is 3.35. The molecule has 0 unspecified atom stereocenters. The van der Waals surface area contributed by atoms with E-state index in [-0.39, 0.29) is 0 Å². The van der Waals surface area contributed by atoms with Crippen LogP contribution in [0, 0.1) is 5.41 Å². The van der Waals surface area contributed by atoms with Crippen LogP contribution in [0.25, 0.3) is 0 Å². The third kappa shape index (κ3) is 3.25. The Morgan fingerprint density at radius 3 is 2.50 bits per heavy atom. The minimum Gasteiger partial charge on any atom is -0.319 e. The number of hydrogen-bond donors (Lipinski definition) is 1. The van der Waals surface area contributed by atoms with Gasteiger partial charge in [0.1, 0.15) is 0 Å². The molecule has 0 aliphatic heterocycles. The lowest BCUT2D eigenvalue weighted by Crippen LogP contribution is -2.47. The van der Waals surface area contributed by atoms with Gasteiger partial charge >= 0.3 is 0 Å². The highest BCUT2D eigenvalue weighted by Gasteiger charge is 2.36. The Bertz CT molecular complexity index is 152. The first kappa shape index (κ1) is 12.0. The summed E-state index contributed by atoms with van der Waals surface area (Å²) in [5, 5.41) is 3.35. The Labute approximate surface area is 89.1 Å². The molecule has 0 heterocycles. The van der Waals surface area contributed by atoms with Crippen LogP contribution in [0.3, 0.4) is 0 Å². The normalized spacial score (nSPS) is 19.7. The third-order valence-electron chi connectivity index (χ3n) is 3.46. The Morgan fingerprint density at radius 2 is 2.07 bits per heavy atom. The van der Waals surface area contributed by atoms with E-state index in [0.29, 0.717) is 5.41 Å². The Morgan fingerprint density at radius 1 is 1.36 bits per heavy atom. The highest BCUT2D eigenvalue weighted by atomic mass is 15.1. The second-order valence-electron chi connectivity index (χ2n) is 4.98. The fourth-order valence-electron chi connectivity index (χ4n) is 2.52. The number of unbranched alkanes of at least 4 members (excludes halogenated alkanes) is 1. The lowest BCUT2D eigenvalue weighted by molar-refractivity contribution is 0.0793. The van der Waals surface area contributed by atoms with Crippen molar-refractivity contribution in [3.8, 4) is 0 Å². The summed E-state index contributed by atoms with van der Waals surface area (Å²) in [5.41, 5.74) is 0.608. The zero-order valence-electron chi connectivity index (χ0n) is 10.1. The Hall–Kier alpha value is -0.0800. The minimum absolute atomic E-state index is 0.608. The summed E-state index contributed by atoms with van der Waals surface area (Å²) in [6, 6.07) is 0. The van der Waals surface area contributed by atoms with E-state index >= 15 is 0 Å². The maximum atomic E-state index is 3.35. The molecular formula is C12H26N2. The molecule has 1 rings (SSSR count). The fourth-order valence-corrected chi connectivity index (χ4v) is 2.52. The van der Waals surface area contributed by atoms with E-state index < -0.39 is 0 Å². The van der Waals surface area contributed by atoms with E-state index in [0.717, 1.165) is 0 Å². The molecule has 0 spiro atoms. The first-order valence-corrected chi connectivity index (χ1v) is 6.05. The van der Waals surface area contributed by atoms with Gasteiger partial charge in [0.05, 0.1) is 0 Å². The van der Waals surface area contributed by atoms with Crippen LogP contribution in [0.5, 0.6) is 0 Å². The van der Waals surface area contributed by atoms with Gasteiger partial charge in [0.2, 0.25) is 0 Å². The molecule has 0 bridgehead atoms. The molecule has 2 nitrogen and oxygen atoms in total. The molecule has 1 N–H and O–H groups in total. The molecule has 1 fully saturated rings. The van der Waals surface area contributed by atoms with E-state index in [1.165, 1.54) is 51.7 Å². The van der Waals surface area contributed by atoms with E-state index in [9.17, 15) is 0 Å². The summed E-state index contributed by atoms with van der Waals surface area (Å²) < 4.78 is 0. The van der Waals surface area contributed by atoms with Gasteiger partial charge in [-0.3, -0.25) is 0 Å². The van der Waals surface area contributed by atoms with Crippen LogP contribution < -0.4 is 5.32 Å². The smallest absolute Gasteiger partial charge is 0.00471 e. The summed E-state index contributed by atoms with van der Waals surface area (Å²) in [6.45, 7) is 6.01.